The van der Waals surface area contributed by atoms with Crippen molar-refractivity contribution >= 4 is 16.7 Å². The van der Waals surface area contributed by atoms with Gasteiger partial charge >= 0.3 is 0 Å². The average molecular weight is 335 g/mol. The lowest BCUT2D eigenvalue weighted by atomic mass is 10.1. The summed E-state index contributed by atoms with van der Waals surface area (Å²) in [4.78, 5) is 15.2. The van der Waals surface area contributed by atoms with Gasteiger partial charge in [0.2, 0.25) is 5.78 Å². The van der Waals surface area contributed by atoms with Crippen LogP contribution in [0.4, 0.5) is 0 Å². The van der Waals surface area contributed by atoms with Gasteiger partial charge in [0.1, 0.15) is 5.75 Å². The number of rotatable bonds is 6. The fourth-order valence-electron chi connectivity index (χ4n) is 2.48. The zero-order chi connectivity index (χ0) is 16.8. The van der Waals surface area contributed by atoms with Gasteiger partial charge in [-0.2, -0.15) is 0 Å². The van der Waals surface area contributed by atoms with E-state index < -0.39 is 0 Å². The lowest BCUT2D eigenvalue weighted by Gasteiger charge is -2.08. The van der Waals surface area contributed by atoms with Gasteiger partial charge in [-0.25, -0.2) is 0 Å². The molecule has 0 radical (unpaired) electrons. The molecule has 0 atom stereocenters. The van der Waals surface area contributed by atoms with Crippen molar-refractivity contribution in [3.8, 4) is 5.75 Å². The van der Waals surface area contributed by atoms with Gasteiger partial charge in [0, 0.05) is 5.56 Å². The quantitative estimate of drug-likeness (QED) is 0.485. The van der Waals surface area contributed by atoms with Crippen molar-refractivity contribution in [2.45, 2.75) is 9.79 Å². The van der Waals surface area contributed by atoms with E-state index in [1.165, 1.54) is 9.79 Å². The summed E-state index contributed by atoms with van der Waals surface area (Å²) in [6.07, 6.45) is 0. The van der Waals surface area contributed by atoms with Crippen molar-refractivity contribution in [2.24, 2.45) is 0 Å². The van der Waals surface area contributed by atoms with Crippen molar-refractivity contribution in [1.82, 2.24) is 0 Å². The van der Waals surface area contributed by atoms with Crippen LogP contribution < -0.4 is 4.74 Å². The number of Topliss-reactive ketones (excluding diaryl/α,β-unsaturated/α-hetero) is 1. The molecule has 3 rings (SSSR count). The molecule has 24 heavy (non-hydrogen) atoms. The van der Waals surface area contributed by atoms with E-state index in [0.29, 0.717) is 17.1 Å². The van der Waals surface area contributed by atoms with E-state index in [-0.39, 0.29) is 16.7 Å². The molecule has 0 unspecified atom stereocenters. The van der Waals surface area contributed by atoms with Crippen LogP contribution in [-0.2, 0) is 10.9 Å². The van der Waals surface area contributed by atoms with Crippen molar-refractivity contribution < 1.29 is 9.53 Å². The number of benzene rings is 3. The summed E-state index contributed by atoms with van der Waals surface area (Å²) in [7, 11) is 1.33. The first-order valence-corrected chi connectivity index (χ1v) is 9.15. The lowest BCUT2D eigenvalue weighted by molar-refractivity contribution is 0.102. The van der Waals surface area contributed by atoms with E-state index in [1.54, 1.807) is 13.2 Å². The molecule has 0 aliphatic heterocycles. The third-order valence-electron chi connectivity index (χ3n) is 3.72. The van der Waals surface area contributed by atoms with E-state index in [4.69, 9.17) is 4.74 Å². The SMILES string of the molecule is COc1cccc(C(=O)C[S+](c2ccccc2)c2ccccc2)c1. The van der Waals surface area contributed by atoms with Gasteiger partial charge in [0.05, 0.1) is 18.0 Å². The second kappa shape index (κ2) is 7.84. The molecular weight excluding hydrogens is 316 g/mol. The second-order valence-electron chi connectivity index (χ2n) is 5.32. The third kappa shape index (κ3) is 3.87. The van der Waals surface area contributed by atoms with Gasteiger partial charge in [-0.1, -0.05) is 48.5 Å². The molecular formula is C21H19O2S+. The Hall–Kier alpha value is -2.52. The molecule has 3 heteroatoms. The summed E-state index contributed by atoms with van der Waals surface area (Å²) in [5.74, 6) is 1.30. The first-order valence-electron chi connectivity index (χ1n) is 7.76. The minimum absolute atomic E-state index is 0.130. The Labute approximate surface area is 145 Å². The minimum atomic E-state index is -0.281. The van der Waals surface area contributed by atoms with Gasteiger partial charge in [-0.15, -0.1) is 0 Å². The normalized spacial score (nSPS) is 10.6. The van der Waals surface area contributed by atoms with E-state index in [9.17, 15) is 4.79 Å². The largest absolute Gasteiger partial charge is 0.497 e. The Morgan fingerprint density at radius 2 is 1.42 bits per heavy atom. The molecule has 0 N–H and O–H groups in total. The number of ether oxygens (including phenoxy) is 1. The van der Waals surface area contributed by atoms with Crippen molar-refractivity contribution in [2.75, 3.05) is 12.9 Å². The molecule has 0 heterocycles. The number of methoxy groups -OCH3 is 1. The predicted molar refractivity (Wildman–Crippen MR) is 99.0 cm³/mol. The zero-order valence-corrected chi connectivity index (χ0v) is 14.3. The number of ketones is 1. The maximum atomic E-state index is 12.8. The molecule has 0 bridgehead atoms. The molecule has 0 aromatic heterocycles. The maximum Gasteiger partial charge on any atom is 0.212 e. The summed E-state index contributed by atoms with van der Waals surface area (Å²) in [5, 5.41) is 0. The Balaban J connectivity index is 1.91. The lowest BCUT2D eigenvalue weighted by Crippen LogP contribution is -2.17. The maximum absolute atomic E-state index is 12.8. The van der Waals surface area contributed by atoms with E-state index >= 15 is 0 Å². The summed E-state index contributed by atoms with van der Waals surface area (Å²) in [6.45, 7) is 0. The van der Waals surface area contributed by atoms with E-state index in [1.807, 2.05) is 54.6 Å². The van der Waals surface area contributed by atoms with E-state index in [0.717, 1.165) is 0 Å². The fraction of sp³-hybridized carbons (Fsp3) is 0.0952. The molecule has 0 aliphatic carbocycles. The van der Waals surface area contributed by atoms with Crippen LogP contribution in [-0.4, -0.2) is 18.6 Å². The monoisotopic (exact) mass is 335 g/mol. The highest BCUT2D eigenvalue weighted by atomic mass is 32.2. The predicted octanol–water partition coefficient (Wildman–Crippen LogP) is 4.61. The molecule has 0 aliphatic rings. The summed E-state index contributed by atoms with van der Waals surface area (Å²) < 4.78 is 5.23. The first kappa shape index (κ1) is 16.3. The average Bonchev–Trinajstić information content (AvgIpc) is 2.67. The highest BCUT2D eigenvalue weighted by Gasteiger charge is 2.29. The smallest absolute Gasteiger partial charge is 0.212 e. The number of hydrogen-bond donors (Lipinski definition) is 0. The van der Waals surface area contributed by atoms with Crippen LogP contribution in [0.2, 0.25) is 0 Å². The molecule has 3 aromatic carbocycles. The molecule has 0 amide bonds. The Bertz CT molecular complexity index is 761. The summed E-state index contributed by atoms with van der Waals surface area (Å²) in [6, 6.07) is 27.8. The van der Waals surface area contributed by atoms with Crippen LogP contribution in [0.1, 0.15) is 10.4 Å². The molecule has 0 fully saturated rings. The summed E-state index contributed by atoms with van der Waals surface area (Å²) >= 11 is 0. The standard InChI is InChI=1S/C21H19O2S/c1-23-18-10-8-9-17(15-18)21(22)16-24(19-11-4-2-5-12-19)20-13-6-3-7-14-20/h2-15H,16H2,1H3/q+1. The van der Waals surface area contributed by atoms with Gasteiger partial charge in [-0.3, -0.25) is 4.79 Å². The topological polar surface area (TPSA) is 26.3 Å². The van der Waals surface area contributed by atoms with Crippen LogP contribution in [0.3, 0.4) is 0 Å². The highest BCUT2D eigenvalue weighted by Crippen LogP contribution is 2.25. The van der Waals surface area contributed by atoms with Crippen LogP contribution in [0, 0.1) is 0 Å². The Kier molecular flexibility index (Phi) is 5.34. The molecule has 3 aromatic rings. The van der Waals surface area contributed by atoms with E-state index in [2.05, 4.69) is 24.3 Å². The molecule has 2 nitrogen and oxygen atoms in total. The number of hydrogen-bond acceptors (Lipinski definition) is 2. The van der Waals surface area contributed by atoms with Gasteiger partial charge < -0.3 is 4.74 Å². The van der Waals surface area contributed by atoms with Crippen LogP contribution >= 0.6 is 0 Å². The molecule has 120 valence electrons. The van der Waals surface area contributed by atoms with Crippen molar-refractivity contribution in [1.29, 1.82) is 0 Å². The van der Waals surface area contributed by atoms with Gasteiger partial charge in [0.25, 0.3) is 0 Å². The van der Waals surface area contributed by atoms with Crippen LogP contribution in [0.25, 0.3) is 0 Å². The fourth-order valence-corrected chi connectivity index (χ4v) is 4.49. The number of carbonyl (C=O) groups excluding carboxylic acids is 1. The van der Waals surface area contributed by atoms with Gasteiger partial charge in [-0.05, 0) is 36.4 Å². The Morgan fingerprint density at radius 3 is 1.96 bits per heavy atom. The van der Waals surface area contributed by atoms with Crippen LogP contribution in [0.15, 0.2) is 94.7 Å². The molecule has 0 saturated carbocycles. The van der Waals surface area contributed by atoms with Crippen molar-refractivity contribution in [3.05, 3.63) is 90.5 Å². The van der Waals surface area contributed by atoms with Gasteiger partial charge in [0.15, 0.2) is 15.5 Å². The molecule has 0 spiro atoms. The van der Waals surface area contributed by atoms with Crippen LogP contribution in [0.5, 0.6) is 5.75 Å². The third-order valence-corrected chi connectivity index (χ3v) is 5.96. The van der Waals surface area contributed by atoms with Crippen molar-refractivity contribution in [3.63, 3.8) is 0 Å². The molecule has 0 saturated heterocycles. The first-order chi connectivity index (χ1) is 11.8. The highest BCUT2D eigenvalue weighted by molar-refractivity contribution is 7.97. The zero-order valence-electron chi connectivity index (χ0n) is 13.5. The second-order valence-corrected chi connectivity index (χ2v) is 7.33. The minimum Gasteiger partial charge on any atom is -0.497 e. The Morgan fingerprint density at radius 1 is 0.833 bits per heavy atom. The summed E-state index contributed by atoms with van der Waals surface area (Å²) in [5.41, 5.74) is 0.693. The number of carbonyl (C=O) groups is 1.